The number of aromatic nitrogens is 1. The molecule has 0 aliphatic heterocycles. The Labute approximate surface area is 65.3 Å². The van der Waals surface area contributed by atoms with E-state index in [0.29, 0.717) is 5.69 Å². The Morgan fingerprint density at radius 1 is 1.36 bits per heavy atom. The molecule has 2 heteroatoms. The van der Waals surface area contributed by atoms with Crippen LogP contribution in [0.3, 0.4) is 0 Å². The largest absolute Gasteiger partial charge is 0.352 e. The van der Waals surface area contributed by atoms with Crippen molar-refractivity contribution in [1.29, 1.82) is 0 Å². The van der Waals surface area contributed by atoms with E-state index in [0.717, 1.165) is 17.2 Å². The van der Waals surface area contributed by atoms with Gasteiger partial charge in [0.1, 0.15) is 0 Å². The van der Waals surface area contributed by atoms with Gasteiger partial charge in [0.25, 0.3) is 0 Å². The summed E-state index contributed by atoms with van der Waals surface area (Å²) in [6.07, 6.45) is 0.819. The van der Waals surface area contributed by atoms with Crippen LogP contribution in [0.5, 0.6) is 0 Å². The predicted octanol–water partition coefficient (Wildman–Crippen LogP) is 2.23. The first-order chi connectivity index (χ1) is 5.40. The van der Waals surface area contributed by atoms with E-state index in [4.69, 9.17) is 0 Å². The zero-order valence-corrected chi connectivity index (χ0v) is 5.87. The van der Waals surface area contributed by atoms with Crippen LogP contribution in [0.25, 0.3) is 10.9 Å². The maximum atomic E-state index is 10.3. The highest BCUT2D eigenvalue weighted by atomic mass is 16.1. The zero-order valence-electron chi connectivity index (χ0n) is 5.87. The third kappa shape index (κ3) is 0.923. The van der Waals surface area contributed by atoms with Crippen LogP contribution in [0.4, 0.5) is 0 Å². The van der Waals surface area contributed by atoms with Crippen molar-refractivity contribution in [3.8, 4) is 0 Å². The molecule has 0 aliphatic carbocycles. The molecule has 0 radical (unpaired) electrons. The first-order valence-electron chi connectivity index (χ1n) is 3.43. The van der Waals surface area contributed by atoms with E-state index in [2.05, 4.69) is 4.98 Å². The van der Waals surface area contributed by atoms with Crippen molar-refractivity contribution in [3.63, 3.8) is 0 Å². The lowest BCUT2D eigenvalue weighted by molar-refractivity contribution is 0.112. The molecule has 1 aromatic heterocycles. The van der Waals surface area contributed by atoms with E-state index in [1.807, 2.05) is 30.3 Å². The van der Waals surface area contributed by atoms with Gasteiger partial charge in [0.05, 0.1) is 5.69 Å². The normalized spacial score (nSPS) is 10.2. The molecule has 56 valence electrons. The van der Waals surface area contributed by atoms with Gasteiger partial charge >= 0.3 is 0 Å². The number of hydrogen-bond acceptors (Lipinski definition) is 1. The van der Waals surface area contributed by atoms with Crippen molar-refractivity contribution in [1.82, 2.24) is 4.98 Å². The molecular weight excluding hydrogens is 138 g/mol. The minimum absolute atomic E-state index is 0. The number of carbonyl (C=O) groups is 1. The van der Waals surface area contributed by atoms with Crippen molar-refractivity contribution in [2.75, 3.05) is 0 Å². The summed E-state index contributed by atoms with van der Waals surface area (Å²) in [5, 5.41) is 1.08. The van der Waals surface area contributed by atoms with Gasteiger partial charge in [-0.3, -0.25) is 4.79 Å². The molecule has 0 saturated heterocycles. The van der Waals surface area contributed by atoms with E-state index < -0.39 is 0 Å². The Balaban J connectivity index is 0.000000720. The minimum Gasteiger partial charge on any atom is -0.352 e. The molecule has 0 atom stereocenters. The van der Waals surface area contributed by atoms with Crippen LogP contribution in [0.2, 0.25) is 0 Å². The van der Waals surface area contributed by atoms with Crippen molar-refractivity contribution in [2.24, 2.45) is 0 Å². The molecule has 0 amide bonds. The number of aromatic amines is 1. The molecule has 0 spiro atoms. The van der Waals surface area contributed by atoms with Gasteiger partial charge in [-0.25, -0.2) is 0 Å². The molecule has 0 fully saturated rings. The number of hydrogen-bond donors (Lipinski definition) is 1. The van der Waals surface area contributed by atoms with Gasteiger partial charge in [-0.2, -0.15) is 0 Å². The summed E-state index contributed by atoms with van der Waals surface area (Å²) in [6.45, 7) is 0. The van der Waals surface area contributed by atoms with Crippen LogP contribution >= 0.6 is 0 Å². The maximum absolute atomic E-state index is 10.3. The first-order valence-corrected chi connectivity index (χ1v) is 3.43. The topological polar surface area (TPSA) is 32.9 Å². The number of aldehydes is 1. The second kappa shape index (κ2) is 2.23. The Morgan fingerprint density at radius 3 is 2.91 bits per heavy atom. The van der Waals surface area contributed by atoms with Gasteiger partial charge in [0.15, 0.2) is 6.29 Å². The molecule has 0 unspecified atom stereocenters. The van der Waals surface area contributed by atoms with Crippen molar-refractivity contribution in [2.45, 2.75) is 0 Å². The average Bonchev–Trinajstić information content (AvgIpc) is 2.46. The fourth-order valence-electron chi connectivity index (χ4n) is 1.16. The lowest BCUT2D eigenvalue weighted by atomic mass is 10.2. The van der Waals surface area contributed by atoms with Gasteiger partial charge in [0, 0.05) is 12.3 Å². The number of carbonyl (C=O) groups excluding carboxylic acids is 1. The Bertz CT molecular complexity index is 361. The Hall–Kier alpha value is -1.57. The van der Waals surface area contributed by atoms with Crippen LogP contribution in [0, 0.1) is 0 Å². The van der Waals surface area contributed by atoms with Gasteiger partial charge in [-0.1, -0.05) is 18.2 Å². The van der Waals surface area contributed by atoms with Gasteiger partial charge in [-0.15, -0.1) is 0 Å². The van der Waals surface area contributed by atoms with Crippen molar-refractivity contribution < 1.29 is 6.22 Å². The summed E-state index contributed by atoms with van der Waals surface area (Å²) in [5.74, 6) is 0. The summed E-state index contributed by atoms with van der Waals surface area (Å²) in [6, 6.07) is 9.64. The van der Waals surface area contributed by atoms with E-state index in [9.17, 15) is 4.79 Å². The minimum atomic E-state index is 0. The number of nitrogens with one attached hydrogen (secondary N) is 1. The van der Waals surface area contributed by atoms with Gasteiger partial charge in [0.2, 0.25) is 0 Å². The second-order valence-electron chi connectivity index (χ2n) is 2.43. The molecule has 11 heavy (non-hydrogen) atoms. The second-order valence-corrected chi connectivity index (χ2v) is 2.43. The molecule has 2 rings (SSSR count). The van der Waals surface area contributed by atoms with E-state index in [1.54, 1.807) is 0 Å². The molecule has 2 aromatic rings. The molecule has 0 bridgehead atoms. The standard InChI is InChI=1S/C9H7NO.H2/c11-6-8-5-7-3-1-2-4-9(7)10-8;/h1-6,10H;1H. The number of fused-ring (bicyclic) bond motifs is 1. The van der Waals surface area contributed by atoms with Crippen molar-refractivity contribution >= 4 is 17.2 Å². The third-order valence-electron chi connectivity index (χ3n) is 1.68. The smallest absolute Gasteiger partial charge is 0.166 e. The monoisotopic (exact) mass is 147 g/mol. The lowest BCUT2D eigenvalue weighted by Crippen LogP contribution is -1.73. The third-order valence-corrected chi connectivity index (χ3v) is 1.68. The predicted molar refractivity (Wildman–Crippen MR) is 45.8 cm³/mol. The number of benzene rings is 1. The molecule has 0 saturated carbocycles. The average molecular weight is 147 g/mol. The van der Waals surface area contributed by atoms with Gasteiger partial charge < -0.3 is 4.98 Å². The number of rotatable bonds is 1. The SMILES string of the molecule is O=Cc1cc2ccccc2[nH]1.[HH]. The quantitative estimate of drug-likeness (QED) is 0.616. The first kappa shape index (κ1) is 6.16. The highest BCUT2D eigenvalue weighted by Crippen LogP contribution is 2.12. The molecule has 1 N–H and O–H groups in total. The molecule has 0 aliphatic rings. The molecular formula is C9H9NO. The summed E-state index contributed by atoms with van der Waals surface area (Å²) >= 11 is 0. The van der Waals surface area contributed by atoms with E-state index in [1.165, 1.54) is 0 Å². The van der Waals surface area contributed by atoms with Gasteiger partial charge in [-0.05, 0) is 12.1 Å². The Morgan fingerprint density at radius 2 is 2.18 bits per heavy atom. The summed E-state index contributed by atoms with van der Waals surface area (Å²) in [5.41, 5.74) is 1.64. The summed E-state index contributed by atoms with van der Waals surface area (Å²) in [4.78, 5) is 13.3. The van der Waals surface area contributed by atoms with E-state index >= 15 is 0 Å². The summed E-state index contributed by atoms with van der Waals surface area (Å²) in [7, 11) is 0. The molecule has 2 nitrogen and oxygen atoms in total. The lowest BCUT2D eigenvalue weighted by Gasteiger charge is -1.83. The maximum Gasteiger partial charge on any atom is 0.166 e. The Kier molecular flexibility index (Phi) is 1.25. The number of H-pyrrole nitrogens is 1. The highest BCUT2D eigenvalue weighted by Gasteiger charge is 1.95. The fourth-order valence-corrected chi connectivity index (χ4v) is 1.16. The van der Waals surface area contributed by atoms with Crippen LogP contribution < -0.4 is 0 Å². The number of para-hydroxylation sites is 1. The zero-order chi connectivity index (χ0) is 7.68. The highest BCUT2D eigenvalue weighted by molar-refractivity contribution is 5.87. The molecule has 1 heterocycles. The van der Waals surface area contributed by atoms with Crippen LogP contribution in [0.1, 0.15) is 11.9 Å². The van der Waals surface area contributed by atoms with Crippen LogP contribution in [0.15, 0.2) is 30.3 Å². The fraction of sp³-hybridized carbons (Fsp3) is 0. The summed E-state index contributed by atoms with van der Waals surface area (Å²) < 4.78 is 0. The molecule has 1 aromatic carbocycles. The van der Waals surface area contributed by atoms with Crippen molar-refractivity contribution in [3.05, 3.63) is 36.0 Å². The van der Waals surface area contributed by atoms with E-state index in [-0.39, 0.29) is 1.43 Å². The van der Waals surface area contributed by atoms with Crippen LogP contribution in [-0.4, -0.2) is 11.3 Å². The van der Waals surface area contributed by atoms with Crippen LogP contribution in [-0.2, 0) is 0 Å².